The molecule has 0 amide bonds. The van der Waals surface area contributed by atoms with E-state index in [0.717, 1.165) is 0 Å². The van der Waals surface area contributed by atoms with Gasteiger partial charge >= 0.3 is 18.5 Å². The summed E-state index contributed by atoms with van der Waals surface area (Å²) in [6.07, 6.45) is -11.3. The van der Waals surface area contributed by atoms with Gasteiger partial charge in [-0.1, -0.05) is 0 Å². The average Bonchev–Trinajstić information content (AvgIpc) is 1.98. The van der Waals surface area contributed by atoms with E-state index in [2.05, 4.69) is 4.74 Å². The maximum absolute atomic E-state index is 12.3. The van der Waals surface area contributed by atoms with E-state index in [1.165, 1.54) is 0 Å². The lowest BCUT2D eigenvalue weighted by molar-refractivity contribution is -0.240. The summed E-state index contributed by atoms with van der Waals surface area (Å²) in [5, 5.41) is 0. The number of ether oxygens (including phenoxy) is 1. The van der Waals surface area contributed by atoms with Crippen molar-refractivity contribution in [3.63, 3.8) is 0 Å². The second-order valence-corrected chi connectivity index (χ2v) is 2.54. The first-order chi connectivity index (χ1) is 6.07. The van der Waals surface area contributed by atoms with E-state index in [1.807, 2.05) is 0 Å². The van der Waals surface area contributed by atoms with Crippen LogP contribution in [0, 0.1) is 0 Å². The third kappa shape index (κ3) is 4.12. The molecule has 0 aromatic rings. The number of hydrogen-bond donors (Lipinski definition) is 0. The van der Waals surface area contributed by atoms with Crippen LogP contribution in [0.4, 0.5) is 30.7 Å². The van der Waals surface area contributed by atoms with E-state index in [9.17, 15) is 30.7 Å². The highest BCUT2D eigenvalue weighted by molar-refractivity contribution is 4.77. The molecule has 0 rings (SSSR count). The molecule has 1 atom stereocenters. The lowest BCUT2D eigenvalue weighted by Gasteiger charge is -2.23. The molecule has 0 bridgehead atoms. The lowest BCUT2D eigenvalue weighted by Crippen LogP contribution is -2.41. The van der Waals surface area contributed by atoms with Crippen molar-refractivity contribution in [1.82, 2.24) is 0 Å². The van der Waals surface area contributed by atoms with Gasteiger partial charge in [-0.25, -0.2) is 8.78 Å². The fourth-order valence-corrected chi connectivity index (χ4v) is 0.508. The quantitative estimate of drug-likeness (QED) is 0.672. The molecule has 0 aliphatic carbocycles. The van der Waals surface area contributed by atoms with E-state index in [0.29, 0.717) is 6.92 Å². The minimum absolute atomic E-state index is 0.456. The van der Waals surface area contributed by atoms with Gasteiger partial charge in [-0.2, -0.15) is 22.0 Å². The second kappa shape index (κ2) is 4.33. The minimum Gasteiger partial charge on any atom is -0.363 e. The van der Waals surface area contributed by atoms with Crippen LogP contribution in [0.3, 0.4) is 0 Å². The molecule has 0 N–H and O–H groups in total. The third-order valence-corrected chi connectivity index (χ3v) is 1.33. The minimum atomic E-state index is -4.81. The van der Waals surface area contributed by atoms with E-state index < -0.39 is 31.2 Å². The van der Waals surface area contributed by atoms with Crippen LogP contribution in [-0.4, -0.2) is 31.2 Å². The maximum Gasteiger partial charge on any atom is 0.411 e. The van der Waals surface area contributed by atoms with Crippen molar-refractivity contribution in [2.45, 2.75) is 31.6 Å². The standard InChI is InChI=1S/C6H7F7O/c1-3(6(12,13)4(7)8)14-2-5(9,10)11/h3-4H,2H2,1H3. The Kier molecular flexibility index (Phi) is 4.16. The summed E-state index contributed by atoms with van der Waals surface area (Å²) in [5.41, 5.74) is 0. The summed E-state index contributed by atoms with van der Waals surface area (Å²) in [5.74, 6) is -4.58. The highest BCUT2D eigenvalue weighted by Gasteiger charge is 2.48. The second-order valence-electron chi connectivity index (χ2n) is 2.54. The Morgan fingerprint density at radius 2 is 1.50 bits per heavy atom. The van der Waals surface area contributed by atoms with Crippen LogP contribution in [-0.2, 0) is 4.74 Å². The van der Waals surface area contributed by atoms with Gasteiger partial charge in [-0.15, -0.1) is 0 Å². The third-order valence-electron chi connectivity index (χ3n) is 1.33. The number of halogens is 7. The lowest BCUT2D eigenvalue weighted by atomic mass is 10.2. The first-order valence-corrected chi connectivity index (χ1v) is 3.41. The predicted molar refractivity (Wildman–Crippen MR) is 32.4 cm³/mol. The molecule has 0 fully saturated rings. The van der Waals surface area contributed by atoms with E-state index >= 15 is 0 Å². The molecule has 0 aromatic heterocycles. The van der Waals surface area contributed by atoms with Gasteiger partial charge in [0.2, 0.25) is 0 Å². The predicted octanol–water partition coefficient (Wildman–Crippen LogP) is 2.85. The van der Waals surface area contributed by atoms with Crippen LogP contribution in [0.1, 0.15) is 6.92 Å². The summed E-state index contributed by atoms with van der Waals surface area (Å²) < 4.78 is 85.6. The molecule has 0 saturated heterocycles. The Balaban J connectivity index is 4.15. The summed E-state index contributed by atoms with van der Waals surface area (Å²) in [6, 6.07) is 0. The molecule has 0 saturated carbocycles. The zero-order valence-electron chi connectivity index (χ0n) is 6.92. The summed E-state index contributed by atoms with van der Waals surface area (Å²) in [6.45, 7) is -1.52. The van der Waals surface area contributed by atoms with Gasteiger partial charge in [0.1, 0.15) is 12.7 Å². The Morgan fingerprint density at radius 1 is 1.07 bits per heavy atom. The molecule has 0 aliphatic heterocycles. The first kappa shape index (κ1) is 13.5. The van der Waals surface area contributed by atoms with Crippen molar-refractivity contribution in [2.24, 2.45) is 0 Å². The monoisotopic (exact) mass is 228 g/mol. The highest BCUT2D eigenvalue weighted by Crippen LogP contribution is 2.29. The van der Waals surface area contributed by atoms with E-state index in [1.54, 1.807) is 0 Å². The molecule has 8 heteroatoms. The normalized spacial score (nSPS) is 16.1. The van der Waals surface area contributed by atoms with Crippen molar-refractivity contribution in [3.8, 4) is 0 Å². The van der Waals surface area contributed by atoms with E-state index in [4.69, 9.17) is 0 Å². The zero-order chi connectivity index (χ0) is 11.6. The van der Waals surface area contributed by atoms with Crippen molar-refractivity contribution in [2.75, 3.05) is 6.61 Å². The van der Waals surface area contributed by atoms with Crippen molar-refractivity contribution >= 4 is 0 Å². The molecular formula is C6H7F7O. The zero-order valence-corrected chi connectivity index (χ0v) is 6.92. The Morgan fingerprint density at radius 3 is 1.79 bits per heavy atom. The first-order valence-electron chi connectivity index (χ1n) is 3.41. The summed E-state index contributed by atoms with van der Waals surface area (Å²) in [7, 11) is 0. The van der Waals surface area contributed by atoms with Crippen LogP contribution in [0.2, 0.25) is 0 Å². The molecule has 0 radical (unpaired) electrons. The molecule has 0 aliphatic rings. The van der Waals surface area contributed by atoms with Gasteiger partial charge < -0.3 is 4.74 Å². The molecule has 1 nitrogen and oxygen atoms in total. The van der Waals surface area contributed by atoms with Crippen LogP contribution >= 0.6 is 0 Å². The molecule has 86 valence electrons. The van der Waals surface area contributed by atoms with Crippen LogP contribution < -0.4 is 0 Å². The number of rotatable bonds is 4. The molecule has 1 unspecified atom stereocenters. The SMILES string of the molecule is CC(OCC(F)(F)F)C(F)(F)C(F)F. The van der Waals surface area contributed by atoms with Gasteiger partial charge in [-0.05, 0) is 6.92 Å². The molecule has 0 aromatic carbocycles. The van der Waals surface area contributed by atoms with Gasteiger partial charge in [-0.3, -0.25) is 0 Å². The Hall–Kier alpha value is -0.530. The summed E-state index contributed by atoms with van der Waals surface area (Å²) in [4.78, 5) is 0. The fraction of sp³-hybridized carbons (Fsp3) is 1.00. The van der Waals surface area contributed by atoms with Gasteiger partial charge in [0.25, 0.3) is 0 Å². The van der Waals surface area contributed by atoms with Crippen molar-refractivity contribution in [3.05, 3.63) is 0 Å². The molecule has 14 heavy (non-hydrogen) atoms. The van der Waals surface area contributed by atoms with Crippen LogP contribution in [0.15, 0.2) is 0 Å². The average molecular weight is 228 g/mol. The number of hydrogen-bond acceptors (Lipinski definition) is 1. The largest absolute Gasteiger partial charge is 0.411 e. The van der Waals surface area contributed by atoms with Gasteiger partial charge in [0.15, 0.2) is 0 Å². The molecule has 0 heterocycles. The molecular weight excluding hydrogens is 221 g/mol. The highest BCUT2D eigenvalue weighted by atomic mass is 19.4. The van der Waals surface area contributed by atoms with Gasteiger partial charge in [0.05, 0.1) is 0 Å². The topological polar surface area (TPSA) is 9.23 Å². The van der Waals surface area contributed by atoms with Crippen LogP contribution in [0.5, 0.6) is 0 Å². The van der Waals surface area contributed by atoms with Gasteiger partial charge in [0, 0.05) is 0 Å². The fourth-order valence-electron chi connectivity index (χ4n) is 0.508. The smallest absolute Gasteiger partial charge is 0.363 e. The summed E-state index contributed by atoms with van der Waals surface area (Å²) >= 11 is 0. The number of alkyl halides is 7. The Bertz CT molecular complexity index is 176. The van der Waals surface area contributed by atoms with E-state index in [-0.39, 0.29) is 0 Å². The molecule has 0 spiro atoms. The van der Waals surface area contributed by atoms with Crippen LogP contribution in [0.25, 0.3) is 0 Å². The maximum atomic E-state index is 12.3. The van der Waals surface area contributed by atoms with Crippen molar-refractivity contribution in [1.29, 1.82) is 0 Å². The van der Waals surface area contributed by atoms with Crippen molar-refractivity contribution < 1.29 is 35.5 Å². The Labute approximate surface area is 74.8 Å².